The quantitative estimate of drug-likeness (QED) is 0.702. The molecular weight excluding hydrogens is 329 g/mol. The van der Waals surface area contributed by atoms with Crippen molar-refractivity contribution in [1.29, 1.82) is 0 Å². The molecule has 2 atom stereocenters. The number of aliphatic hydroxyl groups is 1. The summed E-state index contributed by atoms with van der Waals surface area (Å²) in [4.78, 5) is -0.455. The third kappa shape index (κ3) is 3.94. The lowest BCUT2D eigenvalue weighted by Gasteiger charge is -2.40. The molecule has 0 radical (unpaired) electrons. The number of hydrogen-bond donors (Lipinski definition) is 2. The second kappa shape index (κ2) is 7.59. The molecule has 0 bridgehead atoms. The summed E-state index contributed by atoms with van der Waals surface area (Å²) in [5.74, 6) is -1.08. The first kappa shape index (κ1) is 20.5. The molecule has 134 valence electrons. The van der Waals surface area contributed by atoms with Gasteiger partial charge < -0.3 is 5.11 Å². The first-order valence-electron chi connectivity index (χ1n) is 7.79. The van der Waals surface area contributed by atoms with E-state index >= 15 is 0 Å². The predicted molar refractivity (Wildman–Crippen MR) is 94.5 cm³/mol. The lowest BCUT2D eigenvalue weighted by Crippen LogP contribution is -2.57. The Hall–Kier alpha value is -1.50. The van der Waals surface area contributed by atoms with Gasteiger partial charge in [0.2, 0.25) is 10.0 Å². The van der Waals surface area contributed by atoms with E-state index in [-0.39, 0.29) is 5.92 Å². The van der Waals surface area contributed by atoms with Crippen molar-refractivity contribution < 1.29 is 17.9 Å². The van der Waals surface area contributed by atoms with Crippen molar-refractivity contribution in [2.24, 2.45) is 5.92 Å². The molecule has 1 rings (SSSR count). The fourth-order valence-electron chi connectivity index (χ4n) is 2.64. The Balaban J connectivity index is 3.42. The fraction of sp³-hybridized carbons (Fsp3) is 0.444. The van der Waals surface area contributed by atoms with E-state index in [4.69, 9.17) is 0 Å². The van der Waals surface area contributed by atoms with E-state index in [1.165, 1.54) is 18.2 Å². The topological polar surface area (TPSA) is 66.4 Å². The van der Waals surface area contributed by atoms with Gasteiger partial charge in [0.1, 0.15) is 16.3 Å². The van der Waals surface area contributed by atoms with Gasteiger partial charge >= 0.3 is 0 Å². The molecule has 6 heteroatoms. The van der Waals surface area contributed by atoms with Gasteiger partial charge in [0.05, 0.1) is 6.04 Å². The van der Waals surface area contributed by atoms with Gasteiger partial charge in [-0.1, -0.05) is 45.6 Å². The lowest BCUT2D eigenvalue weighted by atomic mass is 9.76. The minimum absolute atomic E-state index is 0.232. The Bertz CT molecular complexity index is 714. The van der Waals surface area contributed by atoms with Crippen LogP contribution in [-0.4, -0.2) is 25.2 Å². The number of benzene rings is 1. The maximum atomic E-state index is 13.9. The number of halogens is 1. The highest BCUT2D eigenvalue weighted by molar-refractivity contribution is 7.89. The van der Waals surface area contributed by atoms with E-state index in [1.54, 1.807) is 13.8 Å². The number of nitrogens with one attached hydrogen (secondary N) is 1. The van der Waals surface area contributed by atoms with Crippen molar-refractivity contribution in [3.05, 3.63) is 54.4 Å². The van der Waals surface area contributed by atoms with E-state index in [2.05, 4.69) is 17.9 Å². The van der Waals surface area contributed by atoms with Gasteiger partial charge in [0, 0.05) is 0 Å². The summed E-state index contributed by atoms with van der Waals surface area (Å²) in [6, 6.07) is 4.21. The average molecular weight is 355 g/mol. The van der Waals surface area contributed by atoms with Crippen LogP contribution in [0, 0.1) is 11.7 Å². The molecule has 0 heterocycles. The van der Waals surface area contributed by atoms with Crippen LogP contribution in [0.2, 0.25) is 0 Å². The van der Waals surface area contributed by atoms with Crippen LogP contribution in [0.4, 0.5) is 4.39 Å². The molecule has 0 amide bonds. The number of rotatable bonds is 8. The summed E-state index contributed by atoms with van der Waals surface area (Å²) in [5.41, 5.74) is -0.888. The highest BCUT2D eigenvalue weighted by atomic mass is 32.2. The van der Waals surface area contributed by atoms with Gasteiger partial charge in [-0.2, -0.15) is 0 Å². The van der Waals surface area contributed by atoms with E-state index in [1.807, 2.05) is 13.8 Å². The van der Waals surface area contributed by atoms with Crippen molar-refractivity contribution in [1.82, 2.24) is 4.72 Å². The normalized spacial score (nSPS) is 14.9. The molecule has 0 aromatic heterocycles. The second-order valence-corrected chi connectivity index (χ2v) is 7.92. The molecule has 0 spiro atoms. The van der Waals surface area contributed by atoms with E-state index < -0.39 is 32.4 Å². The molecule has 1 aromatic carbocycles. The van der Waals surface area contributed by atoms with Gasteiger partial charge in [0.15, 0.2) is 0 Å². The Morgan fingerprint density at radius 3 is 2.21 bits per heavy atom. The van der Waals surface area contributed by atoms with E-state index in [0.29, 0.717) is 17.6 Å². The lowest BCUT2D eigenvalue weighted by molar-refractivity contribution is 0.0592. The van der Waals surface area contributed by atoms with Crippen molar-refractivity contribution in [3.63, 3.8) is 0 Å². The largest absolute Gasteiger partial charge is 0.379 e. The van der Waals surface area contributed by atoms with Crippen LogP contribution in [0.5, 0.6) is 0 Å². The monoisotopic (exact) mass is 355 g/mol. The van der Waals surface area contributed by atoms with E-state index in [0.717, 1.165) is 6.07 Å². The third-order valence-electron chi connectivity index (χ3n) is 4.37. The predicted octanol–water partition coefficient (Wildman–Crippen LogP) is 3.40. The molecule has 0 saturated carbocycles. The van der Waals surface area contributed by atoms with Crippen molar-refractivity contribution in [2.45, 2.75) is 50.7 Å². The molecule has 0 fully saturated rings. The first-order chi connectivity index (χ1) is 11.0. The van der Waals surface area contributed by atoms with Gasteiger partial charge in [-0.25, -0.2) is 17.5 Å². The minimum atomic E-state index is -4.16. The standard InChI is InChI=1S/C18H26FNO3S/c1-7-14(6)17(18(21,12(2)3)13(4)5)20-24(22,23)16-11-9-8-10-15(16)19/h8-11,14,17,20-21H,2,4,7H2,1,3,5-6H3/t14-,17-/m0/s1. The maximum absolute atomic E-state index is 13.9. The molecule has 0 saturated heterocycles. The van der Waals surface area contributed by atoms with Crippen LogP contribution in [0.3, 0.4) is 0 Å². The summed E-state index contributed by atoms with van der Waals surface area (Å²) >= 11 is 0. The fourth-order valence-corrected chi connectivity index (χ4v) is 4.08. The number of sulfonamides is 1. The smallest absolute Gasteiger partial charge is 0.243 e. The zero-order valence-electron chi connectivity index (χ0n) is 14.6. The number of hydrogen-bond acceptors (Lipinski definition) is 3. The first-order valence-corrected chi connectivity index (χ1v) is 9.28. The third-order valence-corrected chi connectivity index (χ3v) is 5.85. The molecule has 0 unspecified atom stereocenters. The summed E-state index contributed by atoms with van der Waals surface area (Å²) in [7, 11) is -4.16. The van der Waals surface area contributed by atoms with E-state index in [9.17, 15) is 17.9 Å². The van der Waals surface area contributed by atoms with Crippen LogP contribution in [-0.2, 0) is 10.0 Å². The summed E-state index contributed by atoms with van der Waals surface area (Å²) in [5, 5.41) is 11.1. The average Bonchev–Trinajstić information content (AvgIpc) is 2.50. The van der Waals surface area contributed by atoms with Gasteiger partial charge in [-0.05, 0) is 43.0 Å². The zero-order valence-corrected chi connectivity index (χ0v) is 15.5. The minimum Gasteiger partial charge on any atom is -0.379 e. The highest BCUT2D eigenvalue weighted by Crippen LogP contribution is 2.33. The van der Waals surface area contributed by atoms with Crippen LogP contribution >= 0.6 is 0 Å². The molecule has 4 nitrogen and oxygen atoms in total. The Morgan fingerprint density at radius 2 is 1.79 bits per heavy atom. The molecular formula is C18H26FNO3S. The Kier molecular flexibility index (Phi) is 6.50. The Labute approximate surface area is 144 Å². The molecule has 1 aromatic rings. The molecule has 0 aliphatic heterocycles. The highest BCUT2D eigenvalue weighted by Gasteiger charge is 2.43. The van der Waals surface area contributed by atoms with Crippen LogP contribution in [0.1, 0.15) is 34.1 Å². The van der Waals surface area contributed by atoms with Crippen molar-refractivity contribution in [2.75, 3.05) is 0 Å². The summed E-state index contributed by atoms with van der Waals surface area (Å²) in [6.07, 6.45) is 0.604. The zero-order chi connectivity index (χ0) is 18.7. The van der Waals surface area contributed by atoms with Crippen molar-refractivity contribution in [3.8, 4) is 0 Å². The molecule has 24 heavy (non-hydrogen) atoms. The molecule has 0 aliphatic carbocycles. The van der Waals surface area contributed by atoms with Crippen LogP contribution < -0.4 is 4.72 Å². The van der Waals surface area contributed by atoms with Gasteiger partial charge in [0.25, 0.3) is 0 Å². The van der Waals surface area contributed by atoms with Gasteiger partial charge in [-0.3, -0.25) is 0 Å². The van der Waals surface area contributed by atoms with Crippen molar-refractivity contribution >= 4 is 10.0 Å². The maximum Gasteiger partial charge on any atom is 0.243 e. The second-order valence-electron chi connectivity index (χ2n) is 6.24. The summed E-state index contributed by atoms with van der Waals surface area (Å²) < 4.78 is 41.7. The van der Waals surface area contributed by atoms with Gasteiger partial charge in [-0.15, -0.1) is 0 Å². The SMILES string of the molecule is C=C(C)C(O)(C(=C)C)[C@@H](NS(=O)(=O)c1ccccc1F)[C@@H](C)CC. The molecule has 2 N–H and O–H groups in total. The van der Waals surface area contributed by atoms with Crippen LogP contribution in [0.25, 0.3) is 0 Å². The van der Waals surface area contributed by atoms with Crippen LogP contribution in [0.15, 0.2) is 53.5 Å². The summed E-state index contributed by atoms with van der Waals surface area (Å²) in [6.45, 7) is 14.5. The Morgan fingerprint density at radius 1 is 1.29 bits per heavy atom. The molecule has 0 aliphatic rings.